The lowest BCUT2D eigenvalue weighted by molar-refractivity contribution is 0.548. The molecule has 24 heavy (non-hydrogen) atoms. The Morgan fingerprint density at radius 2 is 2.08 bits per heavy atom. The average molecular weight is 342 g/mol. The molecule has 0 radical (unpaired) electrons. The molecule has 3 rings (SSSR count). The third-order valence-electron chi connectivity index (χ3n) is 3.93. The number of para-hydroxylation sites is 1. The fourth-order valence-corrected chi connectivity index (χ4v) is 3.25. The second-order valence-corrected chi connectivity index (χ2v) is 6.50. The molecule has 2 N–H and O–H groups in total. The fourth-order valence-electron chi connectivity index (χ4n) is 2.53. The van der Waals surface area contributed by atoms with Crippen LogP contribution in [0, 0.1) is 13.8 Å². The van der Waals surface area contributed by atoms with Crippen LogP contribution in [0.4, 0.5) is 0 Å². The smallest absolute Gasteiger partial charge is 0.191 e. The molecule has 0 amide bonds. The molecular formula is C18H22N4OS. The van der Waals surface area contributed by atoms with Crippen molar-refractivity contribution in [1.29, 1.82) is 0 Å². The molecule has 0 aliphatic carbocycles. The van der Waals surface area contributed by atoms with Crippen molar-refractivity contribution in [1.82, 2.24) is 15.6 Å². The van der Waals surface area contributed by atoms with Gasteiger partial charge >= 0.3 is 0 Å². The largest absolute Gasteiger partial charge is 0.459 e. The van der Waals surface area contributed by atoms with Gasteiger partial charge in [-0.15, -0.1) is 11.3 Å². The van der Waals surface area contributed by atoms with E-state index in [1.165, 1.54) is 4.88 Å². The van der Waals surface area contributed by atoms with Crippen LogP contribution in [0.3, 0.4) is 0 Å². The van der Waals surface area contributed by atoms with E-state index in [1.54, 1.807) is 11.3 Å². The minimum atomic E-state index is 0.511. The second kappa shape index (κ2) is 7.49. The molecule has 5 nitrogen and oxygen atoms in total. The summed E-state index contributed by atoms with van der Waals surface area (Å²) in [7, 11) is 0. The Balaban J connectivity index is 1.72. The number of thiazole rings is 1. The van der Waals surface area contributed by atoms with Gasteiger partial charge in [0.1, 0.15) is 17.9 Å². The maximum atomic E-state index is 5.93. The molecule has 0 saturated heterocycles. The highest BCUT2D eigenvalue weighted by Gasteiger charge is 2.10. The molecule has 0 fully saturated rings. The zero-order valence-electron chi connectivity index (χ0n) is 14.2. The molecule has 0 spiro atoms. The summed E-state index contributed by atoms with van der Waals surface area (Å²) in [5.74, 6) is 1.69. The maximum absolute atomic E-state index is 5.93. The lowest BCUT2D eigenvalue weighted by Gasteiger charge is -2.10. The van der Waals surface area contributed by atoms with Crippen molar-refractivity contribution in [3.8, 4) is 0 Å². The van der Waals surface area contributed by atoms with E-state index >= 15 is 0 Å². The van der Waals surface area contributed by atoms with Gasteiger partial charge in [0.2, 0.25) is 0 Å². The minimum Gasteiger partial charge on any atom is -0.459 e. The van der Waals surface area contributed by atoms with Gasteiger partial charge in [0.25, 0.3) is 0 Å². The number of fused-ring (bicyclic) bond motifs is 1. The number of aliphatic imine (C=N–C) groups is 1. The summed E-state index contributed by atoms with van der Waals surface area (Å²) in [6, 6.07) is 8.09. The first-order valence-electron chi connectivity index (χ1n) is 8.07. The summed E-state index contributed by atoms with van der Waals surface area (Å²) in [5, 5.41) is 7.78. The van der Waals surface area contributed by atoms with Gasteiger partial charge in [0.15, 0.2) is 5.96 Å². The standard InChI is InChI=1S/C18H22N4OS/c1-4-19-18(21-10-17-13(3)22-11-24-17)20-9-16-12(2)14-7-5-6-8-15(14)23-16/h5-8,11H,4,9-10H2,1-3H3,(H2,19,20,21). The first-order chi connectivity index (χ1) is 11.7. The molecule has 6 heteroatoms. The van der Waals surface area contributed by atoms with Crippen molar-refractivity contribution in [3.05, 3.63) is 51.7 Å². The fraction of sp³-hybridized carbons (Fsp3) is 0.333. The predicted molar refractivity (Wildman–Crippen MR) is 99.5 cm³/mol. The molecule has 126 valence electrons. The van der Waals surface area contributed by atoms with E-state index in [-0.39, 0.29) is 0 Å². The zero-order chi connectivity index (χ0) is 16.9. The first-order valence-corrected chi connectivity index (χ1v) is 8.95. The number of nitrogens with one attached hydrogen (secondary N) is 2. The van der Waals surface area contributed by atoms with Crippen LogP contribution in [0.25, 0.3) is 11.0 Å². The van der Waals surface area contributed by atoms with Crippen LogP contribution < -0.4 is 10.6 Å². The number of furan rings is 1. The van der Waals surface area contributed by atoms with E-state index in [2.05, 4.69) is 40.5 Å². The number of benzene rings is 1. The van der Waals surface area contributed by atoms with Crippen molar-refractivity contribution >= 4 is 28.3 Å². The van der Waals surface area contributed by atoms with Crippen LogP contribution in [-0.2, 0) is 13.1 Å². The second-order valence-electron chi connectivity index (χ2n) is 5.56. The SMILES string of the molecule is CCNC(=NCc1oc2ccccc2c1C)NCc1scnc1C. The number of aryl methyl sites for hydroxylation is 2. The maximum Gasteiger partial charge on any atom is 0.191 e. The highest BCUT2D eigenvalue weighted by molar-refractivity contribution is 7.09. The van der Waals surface area contributed by atoms with Crippen LogP contribution in [-0.4, -0.2) is 17.5 Å². The van der Waals surface area contributed by atoms with E-state index in [4.69, 9.17) is 4.42 Å². The highest BCUT2D eigenvalue weighted by atomic mass is 32.1. The van der Waals surface area contributed by atoms with Gasteiger partial charge in [0, 0.05) is 22.4 Å². The van der Waals surface area contributed by atoms with Gasteiger partial charge in [-0.2, -0.15) is 0 Å². The zero-order valence-corrected chi connectivity index (χ0v) is 15.0. The Morgan fingerprint density at radius 1 is 1.25 bits per heavy atom. The van der Waals surface area contributed by atoms with Crippen molar-refractivity contribution < 1.29 is 4.42 Å². The lowest BCUT2D eigenvalue weighted by Crippen LogP contribution is -2.36. The molecule has 3 aromatic rings. The van der Waals surface area contributed by atoms with Gasteiger partial charge in [-0.3, -0.25) is 0 Å². The first kappa shape index (κ1) is 16.5. The molecule has 2 heterocycles. The number of rotatable bonds is 5. The Hall–Kier alpha value is -2.34. The summed E-state index contributed by atoms with van der Waals surface area (Å²) in [6.45, 7) is 8.21. The molecule has 0 aliphatic rings. The molecule has 0 atom stereocenters. The van der Waals surface area contributed by atoms with Crippen molar-refractivity contribution in [2.75, 3.05) is 6.54 Å². The van der Waals surface area contributed by atoms with Crippen LogP contribution in [0.15, 0.2) is 39.2 Å². The van der Waals surface area contributed by atoms with Crippen LogP contribution in [0.1, 0.15) is 28.8 Å². The van der Waals surface area contributed by atoms with Crippen molar-refractivity contribution in [3.63, 3.8) is 0 Å². The average Bonchev–Trinajstić information content (AvgIpc) is 3.14. The molecular weight excluding hydrogens is 320 g/mol. The summed E-state index contributed by atoms with van der Waals surface area (Å²) in [4.78, 5) is 10.1. The topological polar surface area (TPSA) is 62.5 Å². The van der Waals surface area contributed by atoms with Gasteiger partial charge < -0.3 is 15.1 Å². The third-order valence-corrected chi connectivity index (χ3v) is 4.86. The van der Waals surface area contributed by atoms with Gasteiger partial charge in [0.05, 0.1) is 17.7 Å². The lowest BCUT2D eigenvalue weighted by atomic mass is 10.1. The summed E-state index contributed by atoms with van der Waals surface area (Å²) in [5.41, 5.74) is 5.01. The predicted octanol–water partition coefficient (Wildman–Crippen LogP) is 3.76. The number of hydrogen-bond donors (Lipinski definition) is 2. The Morgan fingerprint density at radius 3 is 2.79 bits per heavy atom. The van der Waals surface area contributed by atoms with Gasteiger partial charge in [-0.1, -0.05) is 18.2 Å². The van der Waals surface area contributed by atoms with Crippen molar-refractivity contribution in [2.45, 2.75) is 33.9 Å². The number of hydrogen-bond acceptors (Lipinski definition) is 4. The third kappa shape index (κ3) is 3.59. The highest BCUT2D eigenvalue weighted by Crippen LogP contribution is 2.25. The quantitative estimate of drug-likeness (QED) is 0.547. The van der Waals surface area contributed by atoms with Gasteiger partial charge in [-0.05, 0) is 26.8 Å². The Bertz CT molecular complexity index is 850. The van der Waals surface area contributed by atoms with Crippen LogP contribution in [0.5, 0.6) is 0 Å². The minimum absolute atomic E-state index is 0.511. The molecule has 0 saturated carbocycles. The normalized spacial score (nSPS) is 11.9. The van der Waals surface area contributed by atoms with E-state index in [0.717, 1.165) is 47.0 Å². The van der Waals surface area contributed by atoms with E-state index in [1.807, 2.05) is 30.6 Å². The number of guanidine groups is 1. The molecule has 1 aromatic carbocycles. The number of aromatic nitrogens is 1. The van der Waals surface area contributed by atoms with Crippen LogP contribution in [0.2, 0.25) is 0 Å². The summed E-state index contributed by atoms with van der Waals surface area (Å²) >= 11 is 1.65. The Labute approximate surface area is 145 Å². The molecule has 2 aromatic heterocycles. The van der Waals surface area contributed by atoms with Crippen LogP contribution >= 0.6 is 11.3 Å². The monoisotopic (exact) mass is 342 g/mol. The van der Waals surface area contributed by atoms with E-state index in [9.17, 15) is 0 Å². The van der Waals surface area contributed by atoms with E-state index < -0.39 is 0 Å². The molecule has 0 bridgehead atoms. The summed E-state index contributed by atoms with van der Waals surface area (Å²) in [6.07, 6.45) is 0. The molecule has 0 aliphatic heterocycles. The Kier molecular flexibility index (Phi) is 5.15. The van der Waals surface area contributed by atoms with E-state index in [0.29, 0.717) is 6.54 Å². The number of nitrogens with zero attached hydrogens (tertiary/aromatic N) is 2. The molecule has 0 unspecified atom stereocenters. The van der Waals surface area contributed by atoms with Gasteiger partial charge in [-0.25, -0.2) is 9.98 Å². The van der Waals surface area contributed by atoms with Crippen molar-refractivity contribution in [2.24, 2.45) is 4.99 Å². The summed E-state index contributed by atoms with van der Waals surface area (Å²) < 4.78 is 5.93.